The van der Waals surface area contributed by atoms with Gasteiger partial charge in [0.2, 0.25) is 0 Å². The Kier molecular flexibility index (Phi) is 5.47. The molecule has 0 bridgehead atoms. The van der Waals surface area contributed by atoms with Crippen molar-refractivity contribution in [1.82, 2.24) is 4.90 Å². The molecular formula is C13H18N2O2. The number of hydrogen-bond acceptors (Lipinski definition) is 4. The molecule has 4 heteroatoms. The van der Waals surface area contributed by atoms with Crippen LogP contribution < -0.4 is 4.74 Å². The van der Waals surface area contributed by atoms with Crippen molar-refractivity contribution in [3.05, 3.63) is 29.3 Å². The van der Waals surface area contributed by atoms with Gasteiger partial charge in [-0.1, -0.05) is 6.07 Å². The van der Waals surface area contributed by atoms with E-state index in [1.807, 2.05) is 19.2 Å². The number of aliphatic hydroxyl groups is 1. The number of rotatable bonds is 6. The fraction of sp³-hybridized carbons (Fsp3) is 0.462. The van der Waals surface area contributed by atoms with Crippen LogP contribution in [0.1, 0.15) is 17.5 Å². The zero-order valence-electron chi connectivity index (χ0n) is 10.3. The zero-order chi connectivity index (χ0) is 12.7. The number of nitrogens with zero attached hydrogens (tertiary/aromatic N) is 2. The molecule has 0 unspecified atom stereocenters. The van der Waals surface area contributed by atoms with Crippen LogP contribution >= 0.6 is 0 Å². The van der Waals surface area contributed by atoms with E-state index in [0.29, 0.717) is 11.3 Å². The van der Waals surface area contributed by atoms with Crippen molar-refractivity contribution in [2.24, 2.45) is 0 Å². The summed E-state index contributed by atoms with van der Waals surface area (Å²) in [6.07, 6.45) is 0.768. The van der Waals surface area contributed by atoms with Crippen molar-refractivity contribution in [1.29, 1.82) is 5.26 Å². The first-order valence-electron chi connectivity index (χ1n) is 5.57. The molecule has 1 aromatic rings. The van der Waals surface area contributed by atoms with Crippen molar-refractivity contribution < 1.29 is 9.84 Å². The Hall–Kier alpha value is -1.57. The van der Waals surface area contributed by atoms with Gasteiger partial charge in [-0.05, 0) is 31.2 Å². The van der Waals surface area contributed by atoms with Crippen LogP contribution in [0.5, 0.6) is 5.75 Å². The molecule has 92 valence electrons. The molecule has 0 aliphatic rings. The van der Waals surface area contributed by atoms with Gasteiger partial charge in [0.25, 0.3) is 0 Å². The van der Waals surface area contributed by atoms with E-state index in [4.69, 9.17) is 15.1 Å². The van der Waals surface area contributed by atoms with Gasteiger partial charge in [-0.25, -0.2) is 0 Å². The van der Waals surface area contributed by atoms with Gasteiger partial charge in [0.05, 0.1) is 12.7 Å². The molecule has 0 fully saturated rings. The van der Waals surface area contributed by atoms with Crippen molar-refractivity contribution in [3.63, 3.8) is 0 Å². The maximum Gasteiger partial charge on any atom is 0.136 e. The summed E-state index contributed by atoms with van der Waals surface area (Å²) in [6.45, 7) is 1.84. The molecule has 0 saturated heterocycles. The second-order valence-corrected chi connectivity index (χ2v) is 3.96. The van der Waals surface area contributed by atoms with Crippen LogP contribution in [-0.2, 0) is 6.54 Å². The normalized spacial score (nSPS) is 10.3. The van der Waals surface area contributed by atoms with E-state index in [9.17, 15) is 0 Å². The minimum atomic E-state index is 0.209. The van der Waals surface area contributed by atoms with Gasteiger partial charge in [-0.2, -0.15) is 5.26 Å². The molecule has 0 heterocycles. The van der Waals surface area contributed by atoms with E-state index in [1.54, 1.807) is 13.2 Å². The standard InChI is InChI=1S/C13H18N2O2/c1-15(6-3-7-16)10-11-4-5-12(9-14)13(8-11)17-2/h4-5,8,16H,3,6-7,10H2,1-2H3. The highest BCUT2D eigenvalue weighted by molar-refractivity contribution is 5.45. The molecule has 1 aromatic carbocycles. The van der Waals surface area contributed by atoms with Gasteiger partial charge in [-0.15, -0.1) is 0 Å². The lowest BCUT2D eigenvalue weighted by Gasteiger charge is -2.16. The monoisotopic (exact) mass is 234 g/mol. The number of aliphatic hydroxyl groups excluding tert-OH is 1. The van der Waals surface area contributed by atoms with Crippen LogP contribution in [0.4, 0.5) is 0 Å². The smallest absolute Gasteiger partial charge is 0.136 e. The summed E-state index contributed by atoms with van der Waals surface area (Å²) in [5.74, 6) is 0.612. The molecule has 0 saturated carbocycles. The van der Waals surface area contributed by atoms with E-state index in [0.717, 1.165) is 25.1 Å². The first-order valence-corrected chi connectivity index (χ1v) is 5.57. The highest BCUT2D eigenvalue weighted by Crippen LogP contribution is 2.19. The minimum Gasteiger partial charge on any atom is -0.495 e. The molecule has 0 aliphatic heterocycles. The van der Waals surface area contributed by atoms with Gasteiger partial charge in [0, 0.05) is 19.7 Å². The van der Waals surface area contributed by atoms with Crippen LogP contribution in [0.15, 0.2) is 18.2 Å². The molecule has 0 aliphatic carbocycles. The molecule has 1 N–H and O–H groups in total. The minimum absolute atomic E-state index is 0.209. The van der Waals surface area contributed by atoms with Crippen molar-refractivity contribution >= 4 is 0 Å². The number of hydrogen-bond donors (Lipinski definition) is 1. The molecule has 4 nitrogen and oxygen atoms in total. The summed E-state index contributed by atoms with van der Waals surface area (Å²) >= 11 is 0. The quantitative estimate of drug-likeness (QED) is 0.808. The number of benzene rings is 1. The third-order valence-electron chi connectivity index (χ3n) is 2.54. The Morgan fingerprint density at radius 1 is 1.47 bits per heavy atom. The highest BCUT2D eigenvalue weighted by Gasteiger charge is 2.05. The van der Waals surface area contributed by atoms with Crippen molar-refractivity contribution in [2.45, 2.75) is 13.0 Å². The van der Waals surface area contributed by atoms with Crippen LogP contribution in [0.2, 0.25) is 0 Å². The Bertz CT molecular complexity index is 399. The van der Waals surface area contributed by atoms with Crippen LogP contribution in [0.25, 0.3) is 0 Å². The maximum absolute atomic E-state index is 8.87. The predicted molar refractivity (Wildman–Crippen MR) is 65.7 cm³/mol. The van der Waals surface area contributed by atoms with E-state index in [-0.39, 0.29) is 6.61 Å². The summed E-state index contributed by atoms with van der Waals surface area (Å²) < 4.78 is 5.16. The molecule has 0 aromatic heterocycles. The molecule has 17 heavy (non-hydrogen) atoms. The summed E-state index contributed by atoms with van der Waals surface area (Å²) in [5, 5.41) is 17.6. The zero-order valence-corrected chi connectivity index (χ0v) is 10.3. The lowest BCUT2D eigenvalue weighted by Crippen LogP contribution is -2.19. The van der Waals surface area contributed by atoms with E-state index in [1.165, 1.54) is 0 Å². The SMILES string of the molecule is COc1cc(CN(C)CCCO)ccc1C#N. The predicted octanol–water partition coefficient (Wildman–Crippen LogP) is 1.38. The first-order chi connectivity index (χ1) is 8.21. The number of methoxy groups -OCH3 is 1. The van der Waals surface area contributed by atoms with Gasteiger partial charge in [0.1, 0.15) is 11.8 Å². The van der Waals surface area contributed by atoms with Gasteiger partial charge >= 0.3 is 0 Å². The molecular weight excluding hydrogens is 216 g/mol. The average Bonchev–Trinajstić information content (AvgIpc) is 2.36. The lowest BCUT2D eigenvalue weighted by molar-refractivity contribution is 0.244. The third kappa shape index (κ3) is 4.06. The van der Waals surface area contributed by atoms with Crippen molar-refractivity contribution in [2.75, 3.05) is 27.3 Å². The fourth-order valence-corrected chi connectivity index (χ4v) is 1.66. The topological polar surface area (TPSA) is 56.5 Å². The Morgan fingerprint density at radius 3 is 2.82 bits per heavy atom. The van der Waals surface area contributed by atoms with Gasteiger partial charge in [-0.3, -0.25) is 0 Å². The van der Waals surface area contributed by atoms with E-state index >= 15 is 0 Å². The van der Waals surface area contributed by atoms with Crippen LogP contribution in [0, 0.1) is 11.3 Å². The molecule has 0 atom stereocenters. The van der Waals surface area contributed by atoms with Gasteiger partial charge in [0.15, 0.2) is 0 Å². The third-order valence-corrected chi connectivity index (χ3v) is 2.54. The van der Waals surface area contributed by atoms with E-state index < -0.39 is 0 Å². The largest absolute Gasteiger partial charge is 0.495 e. The van der Waals surface area contributed by atoms with Crippen molar-refractivity contribution in [3.8, 4) is 11.8 Å². The molecule has 0 spiro atoms. The Balaban J connectivity index is 2.69. The molecule has 1 rings (SSSR count). The summed E-state index contributed by atoms with van der Waals surface area (Å²) in [4.78, 5) is 2.12. The average molecular weight is 234 g/mol. The summed E-state index contributed by atoms with van der Waals surface area (Å²) in [6, 6.07) is 7.67. The second-order valence-electron chi connectivity index (χ2n) is 3.96. The van der Waals surface area contributed by atoms with Crippen LogP contribution in [0.3, 0.4) is 0 Å². The van der Waals surface area contributed by atoms with E-state index in [2.05, 4.69) is 11.0 Å². The highest BCUT2D eigenvalue weighted by atomic mass is 16.5. The first kappa shape index (κ1) is 13.5. The van der Waals surface area contributed by atoms with Crippen LogP contribution in [-0.4, -0.2) is 37.3 Å². The number of ether oxygens (including phenoxy) is 1. The van der Waals surface area contributed by atoms with Gasteiger partial charge < -0.3 is 14.7 Å². The lowest BCUT2D eigenvalue weighted by atomic mass is 10.1. The fourth-order valence-electron chi connectivity index (χ4n) is 1.66. The Labute approximate surface area is 102 Å². The Morgan fingerprint density at radius 2 is 2.24 bits per heavy atom. The molecule has 0 radical (unpaired) electrons. The second kappa shape index (κ2) is 6.89. The maximum atomic E-state index is 8.87. The summed E-state index contributed by atoms with van der Waals surface area (Å²) in [7, 11) is 3.57. The summed E-state index contributed by atoms with van der Waals surface area (Å²) in [5.41, 5.74) is 1.65. The number of nitriles is 1. The molecule has 0 amide bonds.